The first kappa shape index (κ1) is 16.1. The molecule has 0 unspecified atom stereocenters. The zero-order valence-corrected chi connectivity index (χ0v) is 15.1. The third kappa shape index (κ3) is 3.50. The average Bonchev–Trinajstić information content (AvgIpc) is 2.63. The second kappa shape index (κ2) is 7.25. The molecule has 24 heavy (non-hydrogen) atoms. The highest BCUT2D eigenvalue weighted by Gasteiger charge is 2.31. The van der Waals surface area contributed by atoms with E-state index in [4.69, 9.17) is 0 Å². The van der Waals surface area contributed by atoms with Crippen molar-refractivity contribution < 1.29 is 9.80 Å². The van der Waals surface area contributed by atoms with Gasteiger partial charge < -0.3 is 9.80 Å². The van der Waals surface area contributed by atoms with Crippen LogP contribution in [0.4, 0.5) is 0 Å². The molecule has 2 fully saturated rings. The van der Waals surface area contributed by atoms with E-state index in [2.05, 4.69) is 49.4 Å². The van der Waals surface area contributed by atoms with Gasteiger partial charge in [0.05, 0.1) is 6.04 Å². The normalized spacial score (nSPS) is 31.2. The van der Waals surface area contributed by atoms with Crippen LogP contribution in [0.5, 0.6) is 0 Å². The van der Waals surface area contributed by atoms with Gasteiger partial charge in [0.1, 0.15) is 32.7 Å². The van der Waals surface area contributed by atoms with Crippen LogP contribution in [0.15, 0.2) is 42.5 Å². The Balaban J connectivity index is 1.36. The smallest absolute Gasteiger partial charge is 0.127 e. The van der Waals surface area contributed by atoms with Gasteiger partial charge in [-0.2, -0.15) is 0 Å². The molecule has 2 nitrogen and oxygen atoms in total. The van der Waals surface area contributed by atoms with Crippen molar-refractivity contribution >= 4 is 10.8 Å². The van der Waals surface area contributed by atoms with E-state index < -0.39 is 0 Å². The zero-order chi connectivity index (χ0) is 16.4. The summed E-state index contributed by atoms with van der Waals surface area (Å²) < 4.78 is 0. The summed E-state index contributed by atoms with van der Waals surface area (Å²) in [5.41, 5.74) is 1.53. The van der Waals surface area contributed by atoms with Crippen LogP contribution in [-0.4, -0.2) is 32.2 Å². The SMILES string of the molecule is CC1CCC([NH+]2CC[NH+](Cc3cccc4ccccc34)CC2)CC1. The Morgan fingerprint density at radius 3 is 2.33 bits per heavy atom. The molecule has 2 aromatic rings. The zero-order valence-electron chi connectivity index (χ0n) is 15.1. The first-order valence-electron chi connectivity index (χ1n) is 9.94. The fourth-order valence-electron chi connectivity index (χ4n) is 4.89. The minimum absolute atomic E-state index is 0.959. The quantitative estimate of drug-likeness (QED) is 0.850. The maximum absolute atomic E-state index is 2.43. The highest BCUT2D eigenvalue weighted by atomic mass is 15.3. The fourth-order valence-corrected chi connectivity index (χ4v) is 4.89. The minimum atomic E-state index is 0.959. The molecule has 1 heterocycles. The number of hydrogen-bond donors (Lipinski definition) is 2. The van der Waals surface area contributed by atoms with Crippen LogP contribution in [0.2, 0.25) is 0 Å². The van der Waals surface area contributed by atoms with Gasteiger partial charge in [-0.1, -0.05) is 49.4 Å². The summed E-state index contributed by atoms with van der Waals surface area (Å²) in [6, 6.07) is 16.6. The molecule has 0 spiro atoms. The number of quaternary nitrogens is 2. The highest BCUT2D eigenvalue weighted by Crippen LogP contribution is 2.22. The molecule has 0 amide bonds. The van der Waals surface area contributed by atoms with E-state index >= 15 is 0 Å². The van der Waals surface area contributed by atoms with Gasteiger partial charge in [-0.3, -0.25) is 0 Å². The predicted molar refractivity (Wildman–Crippen MR) is 100 cm³/mol. The first-order valence-corrected chi connectivity index (χ1v) is 9.94. The number of piperazine rings is 1. The molecule has 0 radical (unpaired) electrons. The summed E-state index contributed by atoms with van der Waals surface area (Å²) in [5, 5.41) is 2.83. The maximum atomic E-state index is 2.43. The van der Waals surface area contributed by atoms with Gasteiger partial charge in [0.15, 0.2) is 0 Å². The van der Waals surface area contributed by atoms with Gasteiger partial charge in [-0.05, 0) is 42.4 Å². The maximum Gasteiger partial charge on any atom is 0.127 e. The molecule has 2 heteroatoms. The second-order valence-corrected chi connectivity index (χ2v) is 8.18. The Labute approximate surface area is 146 Å². The van der Waals surface area contributed by atoms with E-state index in [9.17, 15) is 0 Å². The molecule has 1 aliphatic heterocycles. The molecule has 0 atom stereocenters. The average molecular weight is 325 g/mol. The van der Waals surface area contributed by atoms with Crippen molar-refractivity contribution in [3.8, 4) is 0 Å². The number of benzene rings is 2. The summed E-state index contributed by atoms with van der Waals surface area (Å²) in [4.78, 5) is 3.68. The van der Waals surface area contributed by atoms with E-state index in [0.29, 0.717) is 0 Å². The van der Waals surface area contributed by atoms with Crippen molar-refractivity contribution in [2.75, 3.05) is 26.2 Å². The minimum Gasteiger partial charge on any atom is -0.323 e. The number of fused-ring (bicyclic) bond motifs is 1. The molecule has 0 bridgehead atoms. The molecule has 2 N–H and O–H groups in total. The van der Waals surface area contributed by atoms with Crippen LogP contribution in [0.1, 0.15) is 38.2 Å². The van der Waals surface area contributed by atoms with Crippen molar-refractivity contribution in [3.63, 3.8) is 0 Å². The largest absolute Gasteiger partial charge is 0.323 e. The van der Waals surface area contributed by atoms with Crippen molar-refractivity contribution in [2.24, 2.45) is 5.92 Å². The molecule has 1 saturated carbocycles. The third-order valence-corrected chi connectivity index (χ3v) is 6.51. The lowest BCUT2D eigenvalue weighted by Crippen LogP contribution is -3.29. The van der Waals surface area contributed by atoms with Crippen LogP contribution in [0.25, 0.3) is 10.8 Å². The van der Waals surface area contributed by atoms with E-state index in [-0.39, 0.29) is 0 Å². The lowest BCUT2D eigenvalue weighted by molar-refractivity contribution is -1.03. The Hall–Kier alpha value is -1.38. The van der Waals surface area contributed by atoms with Crippen molar-refractivity contribution in [2.45, 2.75) is 45.2 Å². The summed E-state index contributed by atoms with van der Waals surface area (Å²) >= 11 is 0. The van der Waals surface area contributed by atoms with Gasteiger partial charge in [0.25, 0.3) is 0 Å². The number of hydrogen-bond acceptors (Lipinski definition) is 0. The van der Waals surface area contributed by atoms with E-state index in [1.807, 2.05) is 4.90 Å². The fraction of sp³-hybridized carbons (Fsp3) is 0.545. The molecular formula is C22H32N2+2. The van der Waals surface area contributed by atoms with Crippen LogP contribution < -0.4 is 9.80 Å². The molecule has 2 aromatic carbocycles. The molecule has 1 aliphatic carbocycles. The summed E-state index contributed by atoms with van der Waals surface area (Å²) in [6.07, 6.45) is 5.85. The van der Waals surface area contributed by atoms with Crippen molar-refractivity contribution in [1.29, 1.82) is 0 Å². The van der Waals surface area contributed by atoms with Gasteiger partial charge in [0.2, 0.25) is 0 Å². The highest BCUT2D eigenvalue weighted by molar-refractivity contribution is 5.85. The first-order chi connectivity index (χ1) is 11.8. The molecule has 2 aliphatic rings. The number of rotatable bonds is 3. The van der Waals surface area contributed by atoms with Gasteiger partial charge in [-0.15, -0.1) is 0 Å². The van der Waals surface area contributed by atoms with E-state index in [1.165, 1.54) is 74.7 Å². The Morgan fingerprint density at radius 2 is 1.54 bits per heavy atom. The van der Waals surface area contributed by atoms with E-state index in [1.54, 1.807) is 4.90 Å². The molecular weight excluding hydrogens is 292 g/mol. The van der Waals surface area contributed by atoms with Gasteiger partial charge in [0, 0.05) is 5.56 Å². The van der Waals surface area contributed by atoms with Crippen LogP contribution >= 0.6 is 0 Å². The summed E-state index contributed by atoms with van der Waals surface area (Å²) in [5.74, 6) is 0.971. The van der Waals surface area contributed by atoms with Crippen LogP contribution in [0.3, 0.4) is 0 Å². The molecule has 128 valence electrons. The topological polar surface area (TPSA) is 8.88 Å². The summed E-state index contributed by atoms with van der Waals surface area (Å²) in [6.45, 7) is 9.04. The predicted octanol–water partition coefficient (Wildman–Crippen LogP) is 1.70. The monoisotopic (exact) mass is 324 g/mol. The van der Waals surface area contributed by atoms with Crippen molar-refractivity contribution in [1.82, 2.24) is 0 Å². The summed E-state index contributed by atoms with van der Waals surface area (Å²) in [7, 11) is 0. The Kier molecular flexibility index (Phi) is 4.86. The molecule has 0 aromatic heterocycles. The van der Waals surface area contributed by atoms with E-state index in [0.717, 1.165) is 12.0 Å². The second-order valence-electron chi connectivity index (χ2n) is 8.18. The molecule has 4 rings (SSSR count). The van der Waals surface area contributed by atoms with Crippen LogP contribution in [-0.2, 0) is 6.54 Å². The van der Waals surface area contributed by atoms with Crippen molar-refractivity contribution in [3.05, 3.63) is 48.0 Å². The van der Waals surface area contributed by atoms with Crippen LogP contribution in [0, 0.1) is 5.92 Å². The van der Waals surface area contributed by atoms with Gasteiger partial charge in [-0.25, -0.2) is 0 Å². The lowest BCUT2D eigenvalue weighted by atomic mass is 9.86. The Bertz CT molecular complexity index is 659. The number of nitrogens with one attached hydrogen (secondary N) is 2. The third-order valence-electron chi connectivity index (χ3n) is 6.51. The molecule has 1 saturated heterocycles. The Morgan fingerprint density at radius 1 is 0.833 bits per heavy atom. The lowest BCUT2D eigenvalue weighted by Gasteiger charge is -2.37. The van der Waals surface area contributed by atoms with Gasteiger partial charge >= 0.3 is 0 Å². The standard InChI is InChI=1S/C22H30N2/c1-18-9-11-21(12-10-18)24-15-13-23(14-16-24)17-20-7-4-6-19-5-2-3-8-22(19)20/h2-8,18,21H,9-17H2,1H3/p+2.